The van der Waals surface area contributed by atoms with E-state index in [0.29, 0.717) is 6.61 Å². The fraction of sp³-hybridized carbons (Fsp3) is 0.706. The molecule has 0 bridgehead atoms. The van der Waals surface area contributed by atoms with Crippen molar-refractivity contribution in [3.63, 3.8) is 0 Å². The van der Waals surface area contributed by atoms with Crippen molar-refractivity contribution in [1.82, 2.24) is 5.48 Å². The van der Waals surface area contributed by atoms with Gasteiger partial charge in [-0.2, -0.15) is 5.48 Å². The van der Waals surface area contributed by atoms with Crippen molar-refractivity contribution in [3.05, 3.63) is 23.8 Å². The number of rotatable bonds is 3. The van der Waals surface area contributed by atoms with Gasteiger partial charge in [0, 0.05) is 6.92 Å². The van der Waals surface area contributed by atoms with Gasteiger partial charge in [-0.15, -0.1) is 0 Å². The maximum absolute atomic E-state index is 11.2. The maximum Gasteiger partial charge on any atom is 0.303 e. The van der Waals surface area contributed by atoms with Crippen LogP contribution in [0.1, 0.15) is 46.5 Å². The van der Waals surface area contributed by atoms with Crippen molar-refractivity contribution in [2.45, 2.75) is 58.6 Å². The number of ether oxygens (including phenoxy) is 1. The summed E-state index contributed by atoms with van der Waals surface area (Å²) < 4.78 is 5.35. The van der Waals surface area contributed by atoms with Crippen LogP contribution in [0.25, 0.3) is 0 Å². The first-order valence-electron chi connectivity index (χ1n) is 8.05. The van der Waals surface area contributed by atoms with E-state index in [0.717, 1.165) is 31.3 Å². The van der Waals surface area contributed by atoms with Crippen LogP contribution >= 0.6 is 0 Å². The number of hydrogen-bond donors (Lipinski definition) is 2. The normalized spacial score (nSPS) is 30.0. The van der Waals surface area contributed by atoms with Crippen LogP contribution in [-0.4, -0.2) is 36.4 Å². The second kappa shape index (κ2) is 10.5. The van der Waals surface area contributed by atoms with Crippen molar-refractivity contribution in [2.24, 2.45) is 5.92 Å². The maximum atomic E-state index is 11.2. The summed E-state index contributed by atoms with van der Waals surface area (Å²) in [6.45, 7) is 6.15. The molecule has 126 valence electrons. The van der Waals surface area contributed by atoms with Gasteiger partial charge in [-0.1, -0.05) is 31.1 Å². The molecule has 0 fully saturated rings. The van der Waals surface area contributed by atoms with E-state index in [1.807, 2.05) is 19.1 Å². The summed E-state index contributed by atoms with van der Waals surface area (Å²) in [7, 11) is 0. The van der Waals surface area contributed by atoms with E-state index >= 15 is 0 Å². The molecule has 1 aliphatic heterocycles. The molecule has 0 spiro atoms. The molecule has 0 radical (unpaired) electrons. The largest absolute Gasteiger partial charge is 0.458 e. The number of aliphatic hydroxyl groups is 1. The van der Waals surface area contributed by atoms with Crippen LogP contribution in [0, 0.1) is 5.92 Å². The van der Waals surface area contributed by atoms with Gasteiger partial charge in [0.25, 0.3) is 0 Å². The molecular weight excluding hydrogens is 282 g/mol. The van der Waals surface area contributed by atoms with E-state index in [-0.39, 0.29) is 30.6 Å². The highest BCUT2D eigenvalue weighted by Gasteiger charge is 2.18. The van der Waals surface area contributed by atoms with Gasteiger partial charge in [-0.3, -0.25) is 4.79 Å². The summed E-state index contributed by atoms with van der Waals surface area (Å²) in [6.07, 6.45) is 9.48. The Balaban J connectivity index is 2.83. The Hall–Kier alpha value is -1.17. The summed E-state index contributed by atoms with van der Waals surface area (Å²) in [4.78, 5) is 16.8. The van der Waals surface area contributed by atoms with E-state index in [4.69, 9.17) is 14.7 Å². The van der Waals surface area contributed by atoms with Crippen LogP contribution in [0.5, 0.6) is 0 Å². The third-order valence-corrected chi connectivity index (χ3v) is 3.82. The summed E-state index contributed by atoms with van der Waals surface area (Å²) >= 11 is 0. The Kier molecular flexibility index (Phi) is 9.04. The highest BCUT2D eigenvalue weighted by molar-refractivity contribution is 5.66. The molecule has 0 amide bonds. The lowest BCUT2D eigenvalue weighted by molar-refractivity contribution is -0.144. The first-order valence-corrected chi connectivity index (χ1v) is 8.05. The quantitative estimate of drug-likeness (QED) is 0.619. The highest BCUT2D eigenvalue weighted by atomic mass is 16.6. The van der Waals surface area contributed by atoms with Crippen LogP contribution in [0.15, 0.2) is 23.8 Å². The van der Waals surface area contributed by atoms with Crippen LogP contribution < -0.4 is 5.48 Å². The Bertz CT molecular complexity index is 392. The Morgan fingerprint density at radius 3 is 2.82 bits per heavy atom. The summed E-state index contributed by atoms with van der Waals surface area (Å²) in [6, 6.07) is -0.0131. The minimum absolute atomic E-state index is 0.0104. The molecule has 22 heavy (non-hydrogen) atoms. The Morgan fingerprint density at radius 1 is 1.36 bits per heavy atom. The number of esters is 1. The molecule has 0 aromatic heterocycles. The SMILES string of the molecule is CC(=O)OC1/C=C\[C@H](C)[C@@H](/C(C)=C/CO)NOCCCCC1. The fourth-order valence-corrected chi connectivity index (χ4v) is 2.55. The number of carbonyl (C=O) groups is 1. The lowest BCUT2D eigenvalue weighted by Crippen LogP contribution is -2.36. The Morgan fingerprint density at radius 2 is 2.14 bits per heavy atom. The molecule has 5 nitrogen and oxygen atoms in total. The molecule has 0 aliphatic carbocycles. The summed E-state index contributed by atoms with van der Waals surface area (Å²) in [5.41, 5.74) is 4.12. The third kappa shape index (κ3) is 7.20. The first-order chi connectivity index (χ1) is 10.5. The van der Waals surface area contributed by atoms with Crippen molar-refractivity contribution in [1.29, 1.82) is 0 Å². The molecule has 1 heterocycles. The monoisotopic (exact) mass is 311 g/mol. The molecule has 1 unspecified atom stereocenters. The smallest absolute Gasteiger partial charge is 0.303 e. The van der Waals surface area contributed by atoms with Gasteiger partial charge in [-0.25, -0.2) is 0 Å². The van der Waals surface area contributed by atoms with E-state index in [2.05, 4.69) is 12.4 Å². The molecule has 1 rings (SSSR count). The average Bonchev–Trinajstić information content (AvgIpc) is 2.45. The number of nitrogens with one attached hydrogen (secondary N) is 1. The van der Waals surface area contributed by atoms with E-state index in [1.54, 1.807) is 6.08 Å². The predicted molar refractivity (Wildman–Crippen MR) is 86.0 cm³/mol. The standard InChI is InChI=1S/C17H29NO4/c1-13-8-9-16(22-15(3)20)7-5-4-6-12-21-18-17(13)14(2)10-11-19/h8-10,13,16-19H,4-7,11-12H2,1-3H3/b9-8-,14-10+/t13-,16?,17-/m0/s1. The minimum Gasteiger partial charge on any atom is -0.458 e. The number of aliphatic hydroxyl groups excluding tert-OH is 1. The van der Waals surface area contributed by atoms with Crippen molar-refractivity contribution in [2.75, 3.05) is 13.2 Å². The molecule has 0 aromatic carbocycles. The third-order valence-electron chi connectivity index (χ3n) is 3.82. The van der Waals surface area contributed by atoms with Gasteiger partial charge in [0.05, 0.1) is 19.3 Å². The van der Waals surface area contributed by atoms with Gasteiger partial charge >= 0.3 is 5.97 Å². The molecule has 3 atom stereocenters. The van der Waals surface area contributed by atoms with Crippen molar-refractivity contribution in [3.8, 4) is 0 Å². The van der Waals surface area contributed by atoms with E-state index in [1.165, 1.54) is 6.92 Å². The van der Waals surface area contributed by atoms with E-state index in [9.17, 15) is 4.79 Å². The molecule has 5 heteroatoms. The zero-order valence-electron chi connectivity index (χ0n) is 13.9. The van der Waals surface area contributed by atoms with Crippen LogP contribution in [0.2, 0.25) is 0 Å². The second-order valence-electron chi connectivity index (χ2n) is 5.82. The Labute approximate surface area is 133 Å². The molecule has 2 N–H and O–H groups in total. The first kappa shape index (κ1) is 18.9. The minimum atomic E-state index is -0.247. The van der Waals surface area contributed by atoms with Crippen molar-refractivity contribution < 1.29 is 19.5 Å². The van der Waals surface area contributed by atoms with Gasteiger partial charge in [0.15, 0.2) is 0 Å². The van der Waals surface area contributed by atoms with Gasteiger partial charge in [0.2, 0.25) is 0 Å². The summed E-state index contributed by atoms with van der Waals surface area (Å²) in [5.74, 6) is -0.0935. The van der Waals surface area contributed by atoms with Crippen LogP contribution in [0.3, 0.4) is 0 Å². The fourth-order valence-electron chi connectivity index (χ4n) is 2.55. The van der Waals surface area contributed by atoms with E-state index < -0.39 is 0 Å². The average molecular weight is 311 g/mol. The van der Waals surface area contributed by atoms with Gasteiger partial charge < -0.3 is 14.7 Å². The molecule has 0 saturated heterocycles. The number of carbonyl (C=O) groups excluding carboxylic acids is 1. The highest BCUT2D eigenvalue weighted by Crippen LogP contribution is 2.17. The van der Waals surface area contributed by atoms with Crippen LogP contribution in [-0.2, 0) is 14.4 Å². The number of hydrogen-bond acceptors (Lipinski definition) is 5. The zero-order valence-corrected chi connectivity index (χ0v) is 13.9. The molecule has 1 aliphatic rings. The molecular formula is C17H29NO4. The summed E-state index contributed by atoms with van der Waals surface area (Å²) in [5, 5.41) is 9.08. The lowest BCUT2D eigenvalue weighted by atomic mass is 9.94. The lowest BCUT2D eigenvalue weighted by Gasteiger charge is -2.25. The van der Waals surface area contributed by atoms with Gasteiger partial charge in [-0.05, 0) is 38.2 Å². The van der Waals surface area contributed by atoms with Crippen molar-refractivity contribution >= 4 is 5.97 Å². The van der Waals surface area contributed by atoms with Crippen LogP contribution in [0.4, 0.5) is 0 Å². The zero-order chi connectivity index (χ0) is 16.4. The molecule has 0 aromatic rings. The number of hydroxylamine groups is 1. The second-order valence-corrected chi connectivity index (χ2v) is 5.82. The molecule has 0 saturated carbocycles. The topological polar surface area (TPSA) is 67.8 Å². The van der Waals surface area contributed by atoms with Gasteiger partial charge in [0.1, 0.15) is 6.10 Å². The predicted octanol–water partition coefficient (Wildman–Crippen LogP) is 2.51.